The molecule has 3 heterocycles. The largest absolute Gasteiger partial charge is 2.00 e. The van der Waals surface area contributed by atoms with E-state index in [0.29, 0.717) is 17.4 Å². The Bertz CT molecular complexity index is 2120. The first-order chi connectivity index (χ1) is 20.9. The summed E-state index contributed by atoms with van der Waals surface area (Å²) in [6.45, 7) is 10.7. The van der Waals surface area contributed by atoms with Crippen LogP contribution in [0.25, 0.3) is 44.4 Å². The first-order valence-corrected chi connectivity index (χ1v) is 14.6. The van der Waals surface area contributed by atoms with Crippen molar-refractivity contribution in [3.8, 4) is 34.1 Å². The fourth-order valence-electron chi connectivity index (χ4n) is 5.88. The average molecular weight is 756 g/mol. The van der Waals surface area contributed by atoms with E-state index >= 15 is 0 Å². The predicted octanol–water partition coefficient (Wildman–Crippen LogP) is 9.47. The minimum Gasteiger partial charge on any atom is -0.509 e. The monoisotopic (exact) mass is 755 g/mol. The number of fused-ring (bicyclic) bond motifs is 3. The minimum absolute atomic E-state index is 0. The molecule has 0 saturated carbocycles. The van der Waals surface area contributed by atoms with Crippen LogP contribution in [0.2, 0.25) is 0 Å². The van der Waals surface area contributed by atoms with E-state index in [1.54, 1.807) is 0 Å². The summed E-state index contributed by atoms with van der Waals surface area (Å²) in [5.74, 6) is 2.50. The number of rotatable bonds is 6. The van der Waals surface area contributed by atoms with Crippen LogP contribution in [0.3, 0.4) is 0 Å². The number of aryl methyl sites for hydroxylation is 2. The molecule has 0 unspecified atom stereocenters. The molecule has 0 amide bonds. The van der Waals surface area contributed by atoms with Gasteiger partial charge >= 0.3 is 21.1 Å². The first kappa shape index (κ1) is 29.6. The number of pyridine rings is 1. The molecule has 0 aliphatic rings. The van der Waals surface area contributed by atoms with E-state index in [4.69, 9.17) is 14.8 Å². The molecule has 7 aromatic rings. The van der Waals surface area contributed by atoms with Gasteiger partial charge in [-0.05, 0) is 72.7 Å². The van der Waals surface area contributed by atoms with Crippen molar-refractivity contribution in [2.24, 2.45) is 0 Å². The number of benzene rings is 4. The maximum absolute atomic E-state index is 6.40. The smallest absolute Gasteiger partial charge is 0.509 e. The Morgan fingerprint density at radius 1 is 0.773 bits per heavy atom. The summed E-state index contributed by atoms with van der Waals surface area (Å²) in [4.78, 5) is 4.72. The molecule has 220 valence electrons. The summed E-state index contributed by atoms with van der Waals surface area (Å²) in [5, 5.41) is 7.15. The Hall–Kier alpha value is -4.47. The quantitative estimate of drug-likeness (QED) is 0.159. The molecule has 0 atom stereocenters. The van der Waals surface area contributed by atoms with Crippen molar-refractivity contribution in [3.63, 3.8) is 0 Å². The summed E-state index contributed by atoms with van der Waals surface area (Å²) in [5.41, 5.74) is 9.61. The first-order valence-electron chi connectivity index (χ1n) is 14.6. The van der Waals surface area contributed by atoms with E-state index in [-0.39, 0.29) is 21.1 Å². The van der Waals surface area contributed by atoms with Gasteiger partial charge in [-0.3, -0.25) is 4.68 Å². The number of aromatic nitrogens is 4. The molecule has 0 aliphatic heterocycles. The molecule has 0 radical (unpaired) electrons. The van der Waals surface area contributed by atoms with E-state index in [0.717, 1.165) is 56.0 Å². The SMILES string of the molecule is Cc1ccnc(-n2c3[c-]c(Oc4[c-]c(-n5nc(C)c(-c6ccccc6)c5C)ccc4)ccc3c3cc(C(C)C)ccc32)c1.[Pt+2]. The van der Waals surface area contributed by atoms with Crippen LogP contribution in [-0.4, -0.2) is 19.3 Å². The van der Waals surface area contributed by atoms with Crippen molar-refractivity contribution in [1.29, 1.82) is 0 Å². The van der Waals surface area contributed by atoms with Crippen molar-refractivity contribution in [1.82, 2.24) is 19.3 Å². The minimum atomic E-state index is 0. The normalized spacial score (nSPS) is 11.3. The number of nitrogens with zero attached hydrogens (tertiary/aromatic N) is 4. The van der Waals surface area contributed by atoms with Gasteiger partial charge in [0.2, 0.25) is 0 Å². The third kappa shape index (κ3) is 5.26. The topological polar surface area (TPSA) is 44.9 Å². The zero-order valence-corrected chi connectivity index (χ0v) is 27.6. The van der Waals surface area contributed by atoms with Gasteiger partial charge in [0, 0.05) is 34.5 Å². The molecule has 0 saturated heterocycles. The van der Waals surface area contributed by atoms with E-state index < -0.39 is 0 Å². The molecule has 44 heavy (non-hydrogen) atoms. The summed E-state index contributed by atoms with van der Waals surface area (Å²) in [6.07, 6.45) is 1.85. The summed E-state index contributed by atoms with van der Waals surface area (Å²) < 4.78 is 10.5. The van der Waals surface area contributed by atoms with Crippen molar-refractivity contribution < 1.29 is 25.8 Å². The molecule has 0 N–H and O–H groups in total. The summed E-state index contributed by atoms with van der Waals surface area (Å²) in [7, 11) is 0. The van der Waals surface area contributed by atoms with E-state index in [2.05, 4.69) is 99.0 Å². The Labute approximate surface area is 272 Å². The second-order valence-electron chi connectivity index (χ2n) is 11.4. The Kier molecular flexibility index (Phi) is 8.00. The van der Waals surface area contributed by atoms with Crippen molar-refractivity contribution in [3.05, 3.63) is 132 Å². The van der Waals surface area contributed by atoms with Crippen LogP contribution in [0.15, 0.2) is 97.2 Å². The molecule has 0 fully saturated rings. The molecule has 3 aromatic heterocycles. The van der Waals surface area contributed by atoms with Crippen LogP contribution >= 0.6 is 0 Å². The number of hydrogen-bond donors (Lipinski definition) is 0. The second-order valence-corrected chi connectivity index (χ2v) is 11.4. The van der Waals surface area contributed by atoms with E-state index in [9.17, 15) is 0 Å². The van der Waals surface area contributed by atoms with Gasteiger partial charge in [0.1, 0.15) is 5.82 Å². The van der Waals surface area contributed by atoms with Crippen molar-refractivity contribution in [2.45, 2.75) is 40.5 Å². The molecule has 0 bridgehead atoms. The van der Waals surface area contributed by atoms with Crippen LogP contribution in [0, 0.1) is 32.9 Å². The van der Waals surface area contributed by atoms with Crippen LogP contribution in [0.5, 0.6) is 11.5 Å². The van der Waals surface area contributed by atoms with Crippen molar-refractivity contribution >= 4 is 21.8 Å². The Morgan fingerprint density at radius 3 is 2.34 bits per heavy atom. The van der Waals surface area contributed by atoms with Gasteiger partial charge in [-0.25, -0.2) is 4.98 Å². The van der Waals surface area contributed by atoms with Crippen LogP contribution in [0.1, 0.15) is 42.3 Å². The van der Waals surface area contributed by atoms with Gasteiger partial charge in [0.05, 0.1) is 5.69 Å². The maximum atomic E-state index is 6.40. The van der Waals surface area contributed by atoms with Crippen molar-refractivity contribution in [2.75, 3.05) is 0 Å². The molecule has 6 heteroatoms. The number of hydrogen-bond acceptors (Lipinski definition) is 3. The van der Waals surface area contributed by atoms with Gasteiger partial charge in [0.15, 0.2) is 0 Å². The zero-order chi connectivity index (χ0) is 29.7. The predicted molar refractivity (Wildman–Crippen MR) is 174 cm³/mol. The van der Waals surface area contributed by atoms with Gasteiger partial charge in [-0.2, -0.15) is 17.2 Å². The summed E-state index contributed by atoms with van der Waals surface area (Å²) in [6, 6.07) is 38.2. The van der Waals surface area contributed by atoms with Crippen LogP contribution in [0.4, 0.5) is 0 Å². The summed E-state index contributed by atoms with van der Waals surface area (Å²) >= 11 is 0. The average Bonchev–Trinajstić information content (AvgIpc) is 3.49. The standard InChI is InChI=1S/C38H32N4O.Pt/c1-24(2)29-14-17-35-34(21-29)33-16-15-32(23-36(33)41(35)37-20-25(3)18-19-39-37)43-31-13-9-12-30(22-31)42-27(5)38(26(4)40-42)28-10-7-6-8-11-28;/h6-21,24H,1-5H3;/q-2;+2. The van der Waals surface area contributed by atoms with Crippen LogP contribution < -0.4 is 4.74 Å². The molecule has 4 aromatic carbocycles. The Balaban J connectivity index is 0.00000343. The number of ether oxygens (including phenoxy) is 1. The molecular weight excluding hydrogens is 724 g/mol. The fraction of sp³-hybridized carbons (Fsp3) is 0.158. The Morgan fingerprint density at radius 2 is 1.57 bits per heavy atom. The van der Waals surface area contributed by atoms with Crippen LogP contribution in [-0.2, 0) is 21.1 Å². The molecule has 7 rings (SSSR count). The van der Waals surface area contributed by atoms with Gasteiger partial charge < -0.3 is 9.30 Å². The van der Waals surface area contributed by atoms with E-state index in [1.165, 1.54) is 10.9 Å². The zero-order valence-electron chi connectivity index (χ0n) is 25.3. The molecule has 0 aliphatic carbocycles. The molecule has 0 spiro atoms. The van der Waals surface area contributed by atoms with Gasteiger partial charge in [-0.1, -0.05) is 61.8 Å². The second kappa shape index (κ2) is 11.9. The third-order valence-electron chi connectivity index (χ3n) is 8.02. The molecular formula is C38H32N4OPt. The van der Waals surface area contributed by atoms with E-state index in [1.807, 2.05) is 54.2 Å². The maximum Gasteiger partial charge on any atom is 2.00 e. The fourth-order valence-corrected chi connectivity index (χ4v) is 5.88. The van der Waals surface area contributed by atoms with Gasteiger partial charge in [0.25, 0.3) is 0 Å². The third-order valence-corrected chi connectivity index (χ3v) is 8.02. The molecule has 5 nitrogen and oxygen atoms in total. The van der Waals surface area contributed by atoms with Gasteiger partial charge in [-0.15, -0.1) is 35.7 Å².